The number of halogens is 1. The largest absolute Gasteiger partial charge is 0.492 e. The summed E-state index contributed by atoms with van der Waals surface area (Å²) >= 11 is 0. The van der Waals surface area contributed by atoms with Crippen LogP contribution in [0.1, 0.15) is 62.4 Å². The molecule has 6 heteroatoms. The first-order chi connectivity index (χ1) is 14.9. The summed E-state index contributed by atoms with van der Waals surface area (Å²) in [4.78, 5) is 25.8. The molecule has 3 rings (SSSR count). The van der Waals surface area contributed by atoms with Crippen molar-refractivity contribution in [3.63, 3.8) is 0 Å². The highest BCUT2D eigenvalue weighted by molar-refractivity contribution is 6.01. The van der Waals surface area contributed by atoms with Crippen LogP contribution in [-0.4, -0.2) is 25.1 Å². The number of carbonyl (C=O) groups excluding carboxylic acids is 2. The van der Waals surface area contributed by atoms with E-state index in [1.165, 1.54) is 12.1 Å². The summed E-state index contributed by atoms with van der Waals surface area (Å²) in [6, 6.07) is 11.2. The molecule has 0 saturated heterocycles. The van der Waals surface area contributed by atoms with Gasteiger partial charge in [0.2, 0.25) is 5.91 Å². The molecule has 0 spiro atoms. The van der Waals surface area contributed by atoms with E-state index in [4.69, 9.17) is 9.47 Å². The number of anilines is 1. The van der Waals surface area contributed by atoms with Gasteiger partial charge in [-0.3, -0.25) is 4.79 Å². The van der Waals surface area contributed by atoms with Gasteiger partial charge in [-0.25, -0.2) is 9.18 Å². The van der Waals surface area contributed by atoms with E-state index in [1.54, 1.807) is 37.3 Å². The molecule has 0 bridgehead atoms. The molecule has 1 amide bonds. The minimum atomic E-state index is -0.704. The summed E-state index contributed by atoms with van der Waals surface area (Å²) < 4.78 is 24.4. The van der Waals surface area contributed by atoms with Crippen molar-refractivity contribution >= 4 is 17.6 Å². The molecule has 5 nitrogen and oxygen atoms in total. The van der Waals surface area contributed by atoms with Crippen LogP contribution in [0.4, 0.5) is 10.1 Å². The fourth-order valence-electron chi connectivity index (χ4n) is 4.00. The SMILES string of the molecule is CCOC(=O)c1cc(NC(=O)C2(c3ccc(F)cc3)CCCC2)ccc1OCC(C)C. The molecular weight excluding hydrogens is 397 g/mol. The first kappa shape index (κ1) is 22.8. The summed E-state index contributed by atoms with van der Waals surface area (Å²) in [5.74, 6) is -0.242. The van der Waals surface area contributed by atoms with Gasteiger partial charge in [0, 0.05) is 5.69 Å². The second-order valence-corrected chi connectivity index (χ2v) is 8.39. The maximum Gasteiger partial charge on any atom is 0.341 e. The predicted octanol–water partition coefficient (Wildman–Crippen LogP) is 5.49. The Morgan fingerprint density at radius 3 is 2.39 bits per heavy atom. The average molecular weight is 428 g/mol. The molecule has 0 aliphatic heterocycles. The summed E-state index contributed by atoms with van der Waals surface area (Å²) in [6.45, 7) is 6.49. The molecule has 1 fully saturated rings. The second kappa shape index (κ2) is 9.94. The van der Waals surface area contributed by atoms with E-state index in [0.717, 1.165) is 18.4 Å². The summed E-state index contributed by atoms with van der Waals surface area (Å²) in [5.41, 5.74) is 0.886. The topological polar surface area (TPSA) is 64.6 Å². The summed E-state index contributed by atoms with van der Waals surface area (Å²) in [5, 5.41) is 2.97. The molecule has 1 N–H and O–H groups in total. The van der Waals surface area contributed by atoms with Crippen LogP contribution in [0.3, 0.4) is 0 Å². The molecule has 0 aromatic heterocycles. The van der Waals surface area contributed by atoms with Gasteiger partial charge >= 0.3 is 5.97 Å². The molecule has 2 aromatic carbocycles. The number of benzene rings is 2. The number of rotatable bonds is 8. The molecule has 0 heterocycles. The van der Waals surface area contributed by atoms with Crippen LogP contribution in [0.5, 0.6) is 5.75 Å². The quantitative estimate of drug-likeness (QED) is 0.566. The van der Waals surface area contributed by atoms with E-state index in [0.29, 0.717) is 36.8 Å². The predicted molar refractivity (Wildman–Crippen MR) is 118 cm³/mol. The molecule has 0 radical (unpaired) electrons. The van der Waals surface area contributed by atoms with E-state index >= 15 is 0 Å². The van der Waals surface area contributed by atoms with Gasteiger partial charge in [0.25, 0.3) is 0 Å². The number of nitrogens with one attached hydrogen (secondary N) is 1. The zero-order valence-corrected chi connectivity index (χ0v) is 18.4. The number of esters is 1. The number of ether oxygens (including phenoxy) is 2. The first-order valence-electron chi connectivity index (χ1n) is 10.9. The highest BCUT2D eigenvalue weighted by Crippen LogP contribution is 2.42. The second-order valence-electron chi connectivity index (χ2n) is 8.39. The van der Waals surface area contributed by atoms with Crippen LogP contribution >= 0.6 is 0 Å². The summed E-state index contributed by atoms with van der Waals surface area (Å²) in [7, 11) is 0. The average Bonchev–Trinajstić information content (AvgIpc) is 3.24. The molecule has 31 heavy (non-hydrogen) atoms. The third-order valence-electron chi connectivity index (χ3n) is 5.59. The normalized spacial score (nSPS) is 15.0. The van der Waals surface area contributed by atoms with Crippen molar-refractivity contribution in [2.75, 3.05) is 18.5 Å². The van der Waals surface area contributed by atoms with Gasteiger partial charge in [-0.2, -0.15) is 0 Å². The van der Waals surface area contributed by atoms with Crippen LogP contribution < -0.4 is 10.1 Å². The van der Waals surface area contributed by atoms with Crippen LogP contribution in [-0.2, 0) is 14.9 Å². The van der Waals surface area contributed by atoms with Gasteiger partial charge < -0.3 is 14.8 Å². The maximum atomic E-state index is 13.4. The van der Waals surface area contributed by atoms with Crippen LogP contribution in [0.2, 0.25) is 0 Å². The lowest BCUT2D eigenvalue weighted by Gasteiger charge is -2.28. The Balaban J connectivity index is 1.87. The fraction of sp³-hybridized carbons (Fsp3) is 0.440. The van der Waals surface area contributed by atoms with Crippen molar-refractivity contribution in [3.8, 4) is 5.75 Å². The zero-order valence-electron chi connectivity index (χ0n) is 18.4. The molecule has 166 valence electrons. The maximum absolute atomic E-state index is 13.4. The van der Waals surface area contributed by atoms with Gasteiger partial charge in [-0.1, -0.05) is 38.8 Å². The molecule has 0 unspecified atom stereocenters. The first-order valence-corrected chi connectivity index (χ1v) is 10.9. The minimum absolute atomic E-state index is 0.151. The third-order valence-corrected chi connectivity index (χ3v) is 5.59. The monoisotopic (exact) mass is 427 g/mol. The number of hydrogen-bond donors (Lipinski definition) is 1. The Hall–Kier alpha value is -2.89. The van der Waals surface area contributed by atoms with Crippen molar-refractivity contribution < 1.29 is 23.5 Å². The molecule has 0 atom stereocenters. The van der Waals surface area contributed by atoms with E-state index in [9.17, 15) is 14.0 Å². The molecule has 2 aromatic rings. The van der Waals surface area contributed by atoms with E-state index in [1.807, 2.05) is 13.8 Å². The van der Waals surface area contributed by atoms with Crippen LogP contribution in [0.25, 0.3) is 0 Å². The summed E-state index contributed by atoms with van der Waals surface area (Å²) in [6.07, 6.45) is 3.26. The van der Waals surface area contributed by atoms with Gasteiger partial charge in [0.1, 0.15) is 17.1 Å². The third kappa shape index (κ3) is 5.24. The van der Waals surface area contributed by atoms with Crippen molar-refractivity contribution in [1.82, 2.24) is 0 Å². The minimum Gasteiger partial charge on any atom is -0.492 e. The Morgan fingerprint density at radius 1 is 1.10 bits per heavy atom. The molecule has 1 saturated carbocycles. The fourth-order valence-corrected chi connectivity index (χ4v) is 4.00. The van der Waals surface area contributed by atoms with Crippen LogP contribution in [0, 0.1) is 11.7 Å². The van der Waals surface area contributed by atoms with Gasteiger partial charge in [-0.15, -0.1) is 0 Å². The Bertz CT molecular complexity index is 918. The Labute approximate surface area is 182 Å². The molecule has 1 aliphatic carbocycles. The van der Waals surface area contributed by atoms with E-state index in [2.05, 4.69) is 5.32 Å². The lowest BCUT2D eigenvalue weighted by molar-refractivity contribution is -0.121. The van der Waals surface area contributed by atoms with Crippen molar-refractivity contribution in [2.24, 2.45) is 5.92 Å². The van der Waals surface area contributed by atoms with Gasteiger partial charge in [0.15, 0.2) is 0 Å². The van der Waals surface area contributed by atoms with Crippen molar-refractivity contribution in [1.29, 1.82) is 0 Å². The van der Waals surface area contributed by atoms with Crippen molar-refractivity contribution in [2.45, 2.75) is 51.9 Å². The standard InChI is InChI=1S/C25H30FNO4/c1-4-30-23(28)21-15-20(11-12-22(21)31-16-17(2)3)27-24(29)25(13-5-6-14-25)18-7-9-19(26)10-8-18/h7-12,15,17H,4-6,13-14,16H2,1-3H3,(H,27,29). The number of amides is 1. The molecule has 1 aliphatic rings. The lowest BCUT2D eigenvalue weighted by atomic mass is 9.78. The smallest absolute Gasteiger partial charge is 0.341 e. The Kier molecular flexibility index (Phi) is 7.31. The van der Waals surface area contributed by atoms with Crippen LogP contribution in [0.15, 0.2) is 42.5 Å². The van der Waals surface area contributed by atoms with Gasteiger partial charge in [0.05, 0.1) is 18.6 Å². The van der Waals surface area contributed by atoms with Crippen molar-refractivity contribution in [3.05, 3.63) is 59.4 Å². The highest BCUT2D eigenvalue weighted by Gasteiger charge is 2.42. The number of hydrogen-bond acceptors (Lipinski definition) is 4. The highest BCUT2D eigenvalue weighted by atomic mass is 19.1. The van der Waals surface area contributed by atoms with Gasteiger partial charge in [-0.05, 0) is 61.6 Å². The van der Waals surface area contributed by atoms with E-state index in [-0.39, 0.29) is 23.9 Å². The zero-order chi connectivity index (χ0) is 22.4. The lowest BCUT2D eigenvalue weighted by Crippen LogP contribution is -2.38. The van der Waals surface area contributed by atoms with E-state index < -0.39 is 11.4 Å². The Morgan fingerprint density at radius 2 is 1.77 bits per heavy atom. The number of carbonyl (C=O) groups is 2. The molecular formula is C25H30FNO4.